The molecule has 1 aromatic rings. The van der Waals surface area contributed by atoms with Crippen LogP contribution in [0.2, 0.25) is 0 Å². The largest absolute Gasteiger partial charge is 0.416 e. The fourth-order valence-corrected chi connectivity index (χ4v) is 0.943. The summed E-state index contributed by atoms with van der Waals surface area (Å²) < 4.78 is 48.3. The highest BCUT2D eigenvalue weighted by Crippen LogP contribution is 2.19. The van der Waals surface area contributed by atoms with Crippen LogP contribution in [-0.2, 0) is 0 Å². The van der Waals surface area contributed by atoms with Gasteiger partial charge >= 0.3 is 6.18 Å². The highest BCUT2D eigenvalue weighted by molar-refractivity contribution is 5.93. The molecule has 0 saturated carbocycles. The number of carbonyl (C=O) groups excluding carboxylic acids is 1. The predicted molar refractivity (Wildman–Crippen MR) is 48.6 cm³/mol. The van der Waals surface area contributed by atoms with Crippen LogP contribution in [0, 0.1) is 5.82 Å². The van der Waals surface area contributed by atoms with E-state index in [9.17, 15) is 22.4 Å². The third kappa shape index (κ3) is 3.99. The number of amides is 1. The summed E-state index contributed by atoms with van der Waals surface area (Å²) in [5.41, 5.74) is -0.223. The minimum absolute atomic E-state index is 0.223. The highest BCUT2D eigenvalue weighted by atomic mass is 19.4. The fourth-order valence-electron chi connectivity index (χ4n) is 0.943. The second-order valence-corrected chi connectivity index (χ2v) is 3.16. The smallest absolute Gasteiger partial charge is 0.382 e. The van der Waals surface area contributed by atoms with Gasteiger partial charge in [0, 0.05) is 6.20 Å². The zero-order valence-electron chi connectivity index (χ0n) is 8.33. The first-order valence-electron chi connectivity index (χ1n) is 4.44. The molecule has 8 heteroatoms. The normalized spacial score (nSPS) is 13.2. The standard InChI is InChI=1S/C9H8F4N2O2/c10-6-1-5(2-14-3-6)8(17)15-4-7(16)9(11,12)13/h1-3,7,16H,4H2,(H,15,17). The van der Waals surface area contributed by atoms with Crippen LogP contribution >= 0.6 is 0 Å². The molecule has 0 aliphatic rings. The van der Waals surface area contributed by atoms with Crippen molar-refractivity contribution in [2.24, 2.45) is 0 Å². The van der Waals surface area contributed by atoms with Gasteiger partial charge in [-0.15, -0.1) is 0 Å². The molecule has 0 aliphatic carbocycles. The molecule has 4 nitrogen and oxygen atoms in total. The van der Waals surface area contributed by atoms with E-state index in [0.29, 0.717) is 0 Å². The van der Waals surface area contributed by atoms with Crippen molar-refractivity contribution >= 4 is 5.91 Å². The lowest BCUT2D eigenvalue weighted by atomic mass is 10.2. The fraction of sp³-hybridized carbons (Fsp3) is 0.333. The number of nitrogens with zero attached hydrogens (tertiary/aromatic N) is 1. The Morgan fingerprint density at radius 3 is 2.65 bits per heavy atom. The SMILES string of the molecule is O=C(NCC(O)C(F)(F)F)c1cncc(F)c1. The molecule has 0 saturated heterocycles. The Hall–Kier alpha value is -1.70. The number of carbonyl (C=O) groups is 1. The lowest BCUT2D eigenvalue weighted by Crippen LogP contribution is -2.40. The summed E-state index contributed by atoms with van der Waals surface area (Å²) in [4.78, 5) is 14.6. The van der Waals surface area contributed by atoms with Gasteiger partial charge < -0.3 is 10.4 Å². The number of hydrogen-bond donors (Lipinski definition) is 2. The number of aromatic nitrogens is 1. The molecule has 2 N–H and O–H groups in total. The third-order valence-corrected chi connectivity index (χ3v) is 1.80. The monoisotopic (exact) mass is 252 g/mol. The molecule has 1 aromatic heterocycles. The number of rotatable bonds is 3. The lowest BCUT2D eigenvalue weighted by molar-refractivity contribution is -0.201. The minimum Gasteiger partial charge on any atom is -0.382 e. The molecule has 1 rings (SSSR count). The van der Waals surface area contributed by atoms with Crippen LogP contribution < -0.4 is 5.32 Å². The van der Waals surface area contributed by atoms with E-state index in [1.54, 1.807) is 0 Å². The molecule has 1 amide bonds. The molecule has 0 bridgehead atoms. The zero-order chi connectivity index (χ0) is 13.1. The van der Waals surface area contributed by atoms with Crippen LogP contribution in [0.25, 0.3) is 0 Å². The summed E-state index contributed by atoms with van der Waals surface area (Å²) in [6.45, 7) is -1.00. The van der Waals surface area contributed by atoms with Gasteiger partial charge in [0.15, 0.2) is 6.10 Å². The van der Waals surface area contributed by atoms with Crippen molar-refractivity contribution < 1.29 is 27.5 Å². The summed E-state index contributed by atoms with van der Waals surface area (Å²) in [5.74, 6) is -1.73. The van der Waals surface area contributed by atoms with E-state index in [1.165, 1.54) is 0 Å². The molecule has 0 aromatic carbocycles. The third-order valence-electron chi connectivity index (χ3n) is 1.80. The number of halogens is 4. The Morgan fingerprint density at radius 2 is 2.12 bits per heavy atom. The number of alkyl halides is 3. The average Bonchev–Trinajstić information content (AvgIpc) is 2.24. The molecule has 0 spiro atoms. The van der Waals surface area contributed by atoms with Crippen molar-refractivity contribution in [2.75, 3.05) is 6.54 Å². The number of aliphatic hydroxyl groups is 1. The van der Waals surface area contributed by atoms with Crippen LogP contribution in [-0.4, -0.2) is 34.8 Å². The Balaban J connectivity index is 2.57. The van der Waals surface area contributed by atoms with Crippen molar-refractivity contribution in [3.05, 3.63) is 29.8 Å². The number of pyridine rings is 1. The zero-order valence-corrected chi connectivity index (χ0v) is 8.33. The van der Waals surface area contributed by atoms with Crippen molar-refractivity contribution in [2.45, 2.75) is 12.3 Å². The van der Waals surface area contributed by atoms with Gasteiger partial charge in [0.25, 0.3) is 5.91 Å². The van der Waals surface area contributed by atoms with Gasteiger partial charge in [-0.3, -0.25) is 9.78 Å². The van der Waals surface area contributed by atoms with Crippen LogP contribution in [0.3, 0.4) is 0 Å². The van der Waals surface area contributed by atoms with E-state index in [4.69, 9.17) is 5.11 Å². The maximum Gasteiger partial charge on any atom is 0.416 e. The van der Waals surface area contributed by atoms with Gasteiger partial charge in [0.1, 0.15) is 5.82 Å². The molecule has 94 valence electrons. The summed E-state index contributed by atoms with van der Waals surface area (Å²) in [7, 11) is 0. The number of hydrogen-bond acceptors (Lipinski definition) is 3. The van der Waals surface area contributed by atoms with Crippen molar-refractivity contribution in [1.82, 2.24) is 10.3 Å². The number of aliphatic hydroxyl groups excluding tert-OH is 1. The van der Waals surface area contributed by atoms with E-state index >= 15 is 0 Å². The van der Waals surface area contributed by atoms with Crippen molar-refractivity contribution in [1.29, 1.82) is 0 Å². The topological polar surface area (TPSA) is 62.2 Å². The number of nitrogens with one attached hydrogen (secondary N) is 1. The first-order valence-corrected chi connectivity index (χ1v) is 4.44. The molecular weight excluding hydrogens is 244 g/mol. The summed E-state index contributed by atoms with van der Waals surface area (Å²) in [5, 5.41) is 10.4. The second kappa shape index (κ2) is 5.09. The van der Waals surface area contributed by atoms with Gasteiger partial charge in [0.2, 0.25) is 0 Å². The first kappa shape index (κ1) is 13.4. The molecule has 1 atom stereocenters. The quantitative estimate of drug-likeness (QED) is 0.785. The van der Waals surface area contributed by atoms with Crippen molar-refractivity contribution in [3.63, 3.8) is 0 Å². The molecule has 17 heavy (non-hydrogen) atoms. The molecule has 0 fully saturated rings. The molecule has 1 unspecified atom stereocenters. The van der Waals surface area contributed by atoms with Crippen LogP contribution in [0.15, 0.2) is 18.5 Å². The highest BCUT2D eigenvalue weighted by Gasteiger charge is 2.38. The average molecular weight is 252 g/mol. The maximum absolute atomic E-state index is 12.6. The maximum atomic E-state index is 12.6. The summed E-state index contributed by atoms with van der Waals surface area (Å²) in [6.07, 6.45) is -5.62. The van der Waals surface area contributed by atoms with E-state index in [0.717, 1.165) is 18.5 Å². The van der Waals surface area contributed by atoms with Gasteiger partial charge in [-0.25, -0.2) is 4.39 Å². The van der Waals surface area contributed by atoms with E-state index in [1.807, 2.05) is 5.32 Å². The summed E-state index contributed by atoms with van der Waals surface area (Å²) in [6, 6.07) is 0.822. The Bertz CT molecular complexity index is 408. The Kier molecular flexibility index (Phi) is 4.00. The van der Waals surface area contributed by atoms with Gasteiger partial charge in [-0.05, 0) is 6.07 Å². The van der Waals surface area contributed by atoms with Crippen molar-refractivity contribution in [3.8, 4) is 0 Å². The predicted octanol–water partition coefficient (Wildman–Crippen LogP) is 0.874. The lowest BCUT2D eigenvalue weighted by Gasteiger charge is -2.14. The first-order chi connectivity index (χ1) is 7.80. The van der Waals surface area contributed by atoms with Gasteiger partial charge in [-0.2, -0.15) is 13.2 Å². The van der Waals surface area contributed by atoms with Crippen LogP contribution in [0.1, 0.15) is 10.4 Å². The van der Waals surface area contributed by atoms with Crippen LogP contribution in [0.4, 0.5) is 17.6 Å². The summed E-state index contributed by atoms with van der Waals surface area (Å²) >= 11 is 0. The van der Waals surface area contributed by atoms with Gasteiger partial charge in [-0.1, -0.05) is 0 Å². The Morgan fingerprint density at radius 1 is 1.47 bits per heavy atom. The Labute approximate surface area is 93.3 Å². The minimum atomic E-state index is -4.81. The van der Waals surface area contributed by atoms with Gasteiger partial charge in [0.05, 0.1) is 18.3 Å². The van der Waals surface area contributed by atoms with E-state index < -0.39 is 30.5 Å². The van der Waals surface area contributed by atoms with Crippen LogP contribution in [0.5, 0.6) is 0 Å². The second-order valence-electron chi connectivity index (χ2n) is 3.16. The molecular formula is C9H8F4N2O2. The molecule has 0 aliphatic heterocycles. The molecule has 1 heterocycles. The molecule has 0 radical (unpaired) electrons. The van der Waals surface area contributed by atoms with E-state index in [2.05, 4.69) is 4.98 Å². The van der Waals surface area contributed by atoms with E-state index in [-0.39, 0.29) is 5.56 Å².